The van der Waals surface area contributed by atoms with Gasteiger partial charge >= 0.3 is 0 Å². The van der Waals surface area contributed by atoms with E-state index < -0.39 is 0 Å². The Balaban J connectivity index is 0.0000000989. The van der Waals surface area contributed by atoms with Crippen molar-refractivity contribution < 1.29 is 17.7 Å². The van der Waals surface area contributed by atoms with Crippen LogP contribution in [0.15, 0.2) is 461 Å². The summed E-state index contributed by atoms with van der Waals surface area (Å²) in [4.78, 5) is 0. The van der Waals surface area contributed by atoms with Crippen molar-refractivity contribution in [2.24, 2.45) is 0 Å². The van der Waals surface area contributed by atoms with Crippen molar-refractivity contribution in [3.8, 4) is 72.7 Å². The third kappa shape index (κ3) is 11.7. The van der Waals surface area contributed by atoms with E-state index in [0.717, 1.165) is 94.0 Å². The zero-order valence-corrected chi connectivity index (χ0v) is 75.3. The third-order valence-corrected chi connectivity index (χ3v) is 31.4. The van der Waals surface area contributed by atoms with Gasteiger partial charge in [-0.2, -0.15) is 0 Å². The summed E-state index contributed by atoms with van der Waals surface area (Å²) in [6.07, 6.45) is 0. The van der Waals surface area contributed by atoms with Crippen LogP contribution in [0.3, 0.4) is 0 Å². The second-order valence-electron chi connectivity index (χ2n) is 35.4. The fraction of sp³-hybridized carbons (Fsp3) is 0. The molecule has 0 aliphatic carbocycles. The molecule has 0 radical (unpaired) electrons. The molecule has 0 aliphatic rings. The molecule has 0 saturated carbocycles. The SMILES string of the molecule is c1cc(-c2ccc(-n3c4ccccc4c4ccccc43)cc2)cc(-c2cccc3sc4ccc5c6ccccc6oc5c4c23)c1.c1ccc(-n2c3ccccc3c3cc(-c4ccc(-c5cccc6sc7ccc8c9ccccc9oc8c7c56)cc4)ccc32)cc1.c1ccc2c(c1)oc1c(-n3c4ccccc4c4cc(-c5cccc6sc7ccc8c9ccccc9oc8c7c56)ccc43)cccc12. The minimum atomic E-state index is 0.903. The highest BCUT2D eigenvalue weighted by atomic mass is 32.1. The number of para-hydroxylation sites is 10. The van der Waals surface area contributed by atoms with Gasteiger partial charge in [0.2, 0.25) is 0 Å². The zero-order valence-electron chi connectivity index (χ0n) is 72.8. The molecule has 0 saturated heterocycles. The molecule has 10 aromatic heterocycles. The highest BCUT2D eigenvalue weighted by molar-refractivity contribution is 7.27. The van der Waals surface area contributed by atoms with Crippen molar-refractivity contribution in [2.75, 3.05) is 0 Å². The molecule has 136 heavy (non-hydrogen) atoms. The van der Waals surface area contributed by atoms with Gasteiger partial charge in [-0.1, -0.05) is 279 Å². The number of hydrogen-bond acceptors (Lipinski definition) is 7. The Morgan fingerprint density at radius 1 is 0.154 bits per heavy atom. The predicted octanol–water partition coefficient (Wildman–Crippen LogP) is 37.4. The third-order valence-electron chi connectivity index (χ3n) is 28.1. The first-order valence-electron chi connectivity index (χ1n) is 46.0. The molecule has 0 unspecified atom stereocenters. The summed E-state index contributed by atoms with van der Waals surface area (Å²) in [5.41, 5.74) is 30.2. The van der Waals surface area contributed by atoms with E-state index in [0.29, 0.717) is 0 Å². The Morgan fingerprint density at radius 2 is 0.449 bits per heavy atom. The first-order chi connectivity index (χ1) is 67.4. The summed E-state index contributed by atoms with van der Waals surface area (Å²) in [6, 6.07) is 159. The number of fused-ring (bicyclic) bond motifs is 33. The van der Waals surface area contributed by atoms with Gasteiger partial charge in [0.25, 0.3) is 0 Å². The Hall–Kier alpha value is -17.1. The largest absolute Gasteiger partial charge is 0.455 e. The van der Waals surface area contributed by atoms with E-state index in [2.05, 4.69) is 426 Å². The molecule has 0 spiro atoms. The van der Waals surface area contributed by atoms with E-state index >= 15 is 0 Å². The number of hydrogen-bond donors (Lipinski definition) is 0. The summed E-state index contributed by atoms with van der Waals surface area (Å²) in [7, 11) is 0. The number of rotatable bonds is 8. The molecular weight excluding hydrogens is 1720 g/mol. The van der Waals surface area contributed by atoms with Crippen LogP contribution in [0.4, 0.5) is 0 Å². The molecule has 10 heterocycles. The van der Waals surface area contributed by atoms with Crippen LogP contribution in [0.25, 0.3) is 286 Å². The molecular formula is C126H73N3O4S3. The van der Waals surface area contributed by atoms with Gasteiger partial charge < -0.3 is 31.4 Å². The quantitative estimate of drug-likeness (QED) is 0.152. The van der Waals surface area contributed by atoms with Crippen molar-refractivity contribution in [2.45, 2.75) is 0 Å². The lowest BCUT2D eigenvalue weighted by Crippen LogP contribution is -1.94. The first-order valence-corrected chi connectivity index (χ1v) is 48.5. The van der Waals surface area contributed by atoms with Crippen LogP contribution in [0.2, 0.25) is 0 Å². The molecule has 0 amide bonds. The molecule has 0 N–H and O–H groups in total. The van der Waals surface area contributed by atoms with Crippen LogP contribution in [-0.2, 0) is 0 Å². The molecule has 634 valence electrons. The Bertz CT molecular complexity index is 10400. The van der Waals surface area contributed by atoms with Crippen LogP contribution in [-0.4, -0.2) is 13.7 Å². The highest BCUT2D eigenvalue weighted by Crippen LogP contribution is 2.52. The Morgan fingerprint density at radius 3 is 0.919 bits per heavy atom. The maximum Gasteiger partial charge on any atom is 0.159 e. The van der Waals surface area contributed by atoms with Crippen molar-refractivity contribution in [1.82, 2.24) is 13.7 Å². The maximum absolute atomic E-state index is 6.55. The van der Waals surface area contributed by atoms with E-state index in [4.69, 9.17) is 17.7 Å². The molecule has 0 bridgehead atoms. The second kappa shape index (κ2) is 30.2. The lowest BCUT2D eigenvalue weighted by molar-refractivity contribution is 0.666. The van der Waals surface area contributed by atoms with Gasteiger partial charge in [-0.15, -0.1) is 34.0 Å². The van der Waals surface area contributed by atoms with Gasteiger partial charge in [-0.05, 0) is 219 Å². The number of aromatic nitrogens is 3. The molecule has 7 nitrogen and oxygen atoms in total. The van der Waals surface area contributed by atoms with Crippen LogP contribution in [0.5, 0.6) is 0 Å². The number of nitrogens with zero attached hydrogens (tertiary/aromatic N) is 3. The molecule has 0 atom stereocenters. The minimum absolute atomic E-state index is 0.903. The maximum atomic E-state index is 6.55. The van der Waals surface area contributed by atoms with Crippen molar-refractivity contribution in [3.63, 3.8) is 0 Å². The summed E-state index contributed by atoms with van der Waals surface area (Å²) in [5.74, 6) is 0. The van der Waals surface area contributed by atoms with Crippen molar-refractivity contribution in [1.29, 1.82) is 0 Å². The van der Waals surface area contributed by atoms with Gasteiger partial charge in [-0.3, -0.25) is 0 Å². The summed E-state index contributed by atoms with van der Waals surface area (Å²) in [6.45, 7) is 0. The van der Waals surface area contributed by atoms with E-state index in [-0.39, 0.29) is 0 Å². The monoisotopic (exact) mass is 1790 g/mol. The summed E-state index contributed by atoms with van der Waals surface area (Å²) in [5, 5.41) is 24.2. The second-order valence-corrected chi connectivity index (χ2v) is 38.7. The predicted molar refractivity (Wildman–Crippen MR) is 577 cm³/mol. The van der Waals surface area contributed by atoms with E-state index in [1.54, 1.807) is 0 Å². The summed E-state index contributed by atoms with van der Waals surface area (Å²) < 4.78 is 40.7. The standard InChI is InChI=1S/C42H23NO2S.2C42H25NOS/c1-4-14-32-26(9-1)31-23-24(19-21-33(31)43(32)34-15-7-13-29-27-10-2-5-16-35(27)44-41(29)34)25-12-8-18-37-39(25)40-38(46-37)22-20-30-28-11-3-6-17-36(28)45-42(30)40;1-4-15-35-31(11-1)32-12-2-5-16-36(32)43(35)29-21-19-26(20-22-29)27-9-7-10-28(25-27)30-14-8-18-38-40(30)41-39(45-38)24-23-34-33-13-3-6-17-37(33)44-42(34)41;1-2-9-29(10-3-1)43-35-14-6-4-11-31(35)34-25-28(21-23-36(34)43)26-17-19-27(20-18-26)30-13-8-16-38-40(30)41-39(45-38)24-22-33-32-12-5-7-15-37(32)44-42(33)41/h1-23H;2*1-25H. The van der Waals surface area contributed by atoms with Crippen molar-refractivity contribution >= 4 is 248 Å². The summed E-state index contributed by atoms with van der Waals surface area (Å²) >= 11 is 5.50. The van der Waals surface area contributed by atoms with Gasteiger partial charge in [-0.25, -0.2) is 0 Å². The van der Waals surface area contributed by atoms with E-state index in [1.165, 1.54) is 192 Å². The van der Waals surface area contributed by atoms with E-state index in [9.17, 15) is 0 Å². The smallest absolute Gasteiger partial charge is 0.159 e. The Kier molecular flexibility index (Phi) is 17.0. The van der Waals surface area contributed by atoms with Gasteiger partial charge in [0.15, 0.2) is 5.58 Å². The molecule has 10 heteroatoms. The highest BCUT2D eigenvalue weighted by Gasteiger charge is 2.26. The van der Waals surface area contributed by atoms with Crippen LogP contribution in [0.1, 0.15) is 0 Å². The normalized spacial score (nSPS) is 12.1. The average molecular weight is 1790 g/mol. The van der Waals surface area contributed by atoms with Gasteiger partial charge in [0.05, 0.1) is 38.8 Å². The molecule has 31 rings (SSSR count). The fourth-order valence-electron chi connectivity index (χ4n) is 22.0. The lowest BCUT2D eigenvalue weighted by Gasteiger charge is -2.11. The van der Waals surface area contributed by atoms with E-state index in [1.807, 2.05) is 64.3 Å². The number of benzene rings is 21. The zero-order chi connectivity index (χ0) is 88.9. The number of furan rings is 4. The van der Waals surface area contributed by atoms with Gasteiger partial charge in [0, 0.05) is 147 Å². The lowest BCUT2D eigenvalue weighted by atomic mass is 9.95. The van der Waals surface area contributed by atoms with Crippen LogP contribution < -0.4 is 0 Å². The van der Waals surface area contributed by atoms with Crippen LogP contribution in [0, 0.1) is 0 Å². The Labute approximate surface area is 788 Å². The first kappa shape index (κ1) is 76.6. The molecule has 0 fully saturated rings. The topological polar surface area (TPSA) is 67.3 Å². The van der Waals surface area contributed by atoms with Crippen molar-refractivity contribution in [3.05, 3.63) is 443 Å². The molecule has 0 aliphatic heterocycles. The van der Waals surface area contributed by atoms with Gasteiger partial charge in [0.1, 0.15) is 39.1 Å². The van der Waals surface area contributed by atoms with Crippen LogP contribution >= 0.6 is 34.0 Å². The minimum Gasteiger partial charge on any atom is -0.455 e. The average Bonchev–Trinajstić information content (AvgIpc) is 1.55. The molecule has 21 aromatic carbocycles. The molecule has 31 aromatic rings. The number of thiophene rings is 3. The fourth-order valence-corrected chi connectivity index (χ4v) is 25.4.